The molecular formula is C31H40N6O3. The fourth-order valence-corrected chi connectivity index (χ4v) is 5.92. The molecule has 2 atom stereocenters. The van der Waals surface area contributed by atoms with Crippen LogP contribution in [0, 0.1) is 19.8 Å². The lowest BCUT2D eigenvalue weighted by Crippen LogP contribution is -2.44. The monoisotopic (exact) mass is 544 g/mol. The Morgan fingerprint density at radius 1 is 1.18 bits per heavy atom. The van der Waals surface area contributed by atoms with E-state index in [2.05, 4.69) is 32.8 Å². The van der Waals surface area contributed by atoms with E-state index in [0.717, 1.165) is 86.7 Å². The summed E-state index contributed by atoms with van der Waals surface area (Å²) in [6, 6.07) is 13.7. The molecule has 40 heavy (non-hydrogen) atoms. The first-order valence-corrected chi connectivity index (χ1v) is 14.5. The average Bonchev–Trinajstić information content (AvgIpc) is 3.30. The molecule has 0 bridgehead atoms. The van der Waals surface area contributed by atoms with Crippen molar-refractivity contribution in [2.45, 2.75) is 58.3 Å². The number of aryl methyl sites for hydroxylation is 4. The molecule has 2 aliphatic rings. The van der Waals surface area contributed by atoms with Gasteiger partial charge in [0.2, 0.25) is 5.91 Å². The van der Waals surface area contributed by atoms with E-state index in [1.807, 2.05) is 42.8 Å². The highest BCUT2D eigenvalue weighted by Gasteiger charge is 2.28. The van der Waals surface area contributed by atoms with E-state index in [1.165, 1.54) is 5.56 Å². The second-order valence-corrected chi connectivity index (χ2v) is 11.2. The molecule has 1 saturated heterocycles. The molecule has 3 aromatic rings. The van der Waals surface area contributed by atoms with Crippen LogP contribution in [0.5, 0.6) is 0 Å². The molecule has 0 unspecified atom stereocenters. The van der Waals surface area contributed by atoms with Crippen molar-refractivity contribution in [3.05, 3.63) is 70.7 Å². The van der Waals surface area contributed by atoms with Gasteiger partial charge in [0.15, 0.2) is 0 Å². The Balaban J connectivity index is 1.13. The van der Waals surface area contributed by atoms with E-state index in [0.29, 0.717) is 12.1 Å². The fraction of sp³-hybridized carbons (Fsp3) is 0.484. The number of anilines is 1. The minimum Gasteiger partial charge on any atom is -0.481 e. The van der Waals surface area contributed by atoms with Gasteiger partial charge in [-0.3, -0.25) is 9.59 Å². The number of fused-ring (bicyclic) bond motifs is 1. The number of benzene rings is 1. The highest BCUT2D eigenvalue weighted by Crippen LogP contribution is 2.23. The van der Waals surface area contributed by atoms with Crippen LogP contribution < -0.4 is 10.6 Å². The summed E-state index contributed by atoms with van der Waals surface area (Å²) in [6.07, 6.45) is 5.95. The van der Waals surface area contributed by atoms with Crippen molar-refractivity contribution in [3.63, 3.8) is 0 Å². The fourth-order valence-electron chi connectivity index (χ4n) is 5.92. The molecule has 9 nitrogen and oxygen atoms in total. The Morgan fingerprint density at radius 3 is 2.85 bits per heavy atom. The maximum Gasteiger partial charge on any atom is 0.312 e. The van der Waals surface area contributed by atoms with Gasteiger partial charge in [-0.25, -0.2) is 9.67 Å². The van der Waals surface area contributed by atoms with Gasteiger partial charge in [-0.15, -0.1) is 0 Å². The van der Waals surface area contributed by atoms with Gasteiger partial charge in [-0.1, -0.05) is 18.2 Å². The predicted octanol–water partition coefficient (Wildman–Crippen LogP) is 3.87. The Hall–Kier alpha value is -3.72. The molecule has 4 heterocycles. The van der Waals surface area contributed by atoms with E-state index in [4.69, 9.17) is 4.98 Å². The Bertz CT molecular complexity index is 1350. The number of carboxylic acid groups (broad SMARTS) is 1. The van der Waals surface area contributed by atoms with Crippen molar-refractivity contribution < 1.29 is 14.7 Å². The van der Waals surface area contributed by atoms with E-state index >= 15 is 0 Å². The van der Waals surface area contributed by atoms with Crippen LogP contribution in [0.25, 0.3) is 5.69 Å². The van der Waals surface area contributed by atoms with E-state index in [-0.39, 0.29) is 18.4 Å². The van der Waals surface area contributed by atoms with E-state index in [9.17, 15) is 14.7 Å². The predicted molar refractivity (Wildman–Crippen MR) is 155 cm³/mol. The zero-order chi connectivity index (χ0) is 28.1. The first-order chi connectivity index (χ1) is 19.4. The highest BCUT2D eigenvalue weighted by molar-refractivity contribution is 5.81. The van der Waals surface area contributed by atoms with Crippen LogP contribution in [-0.4, -0.2) is 69.4 Å². The summed E-state index contributed by atoms with van der Waals surface area (Å²) in [5, 5.41) is 20.8. The molecule has 212 valence electrons. The van der Waals surface area contributed by atoms with Gasteiger partial charge in [0.25, 0.3) is 0 Å². The van der Waals surface area contributed by atoms with Crippen molar-refractivity contribution in [1.82, 2.24) is 25.0 Å². The van der Waals surface area contributed by atoms with Crippen LogP contribution in [0.1, 0.15) is 59.8 Å². The number of pyridine rings is 1. The number of aromatic nitrogens is 3. The molecule has 3 N–H and O–H groups in total. The van der Waals surface area contributed by atoms with Crippen molar-refractivity contribution in [2.24, 2.45) is 5.92 Å². The number of hydrogen-bond donors (Lipinski definition) is 3. The first-order valence-electron chi connectivity index (χ1n) is 14.5. The van der Waals surface area contributed by atoms with Crippen LogP contribution in [0.3, 0.4) is 0 Å². The Morgan fingerprint density at radius 2 is 2.05 bits per heavy atom. The first kappa shape index (κ1) is 27.8. The average molecular weight is 545 g/mol. The van der Waals surface area contributed by atoms with Gasteiger partial charge in [0.1, 0.15) is 5.82 Å². The molecule has 9 heteroatoms. The van der Waals surface area contributed by atoms with Gasteiger partial charge in [0, 0.05) is 31.0 Å². The smallest absolute Gasteiger partial charge is 0.312 e. The van der Waals surface area contributed by atoms with Gasteiger partial charge in [-0.2, -0.15) is 5.10 Å². The summed E-state index contributed by atoms with van der Waals surface area (Å²) < 4.78 is 1.81. The third-order valence-corrected chi connectivity index (χ3v) is 8.04. The molecule has 1 amide bonds. The number of nitrogens with zero attached hydrogens (tertiary/aromatic N) is 4. The second kappa shape index (κ2) is 12.6. The second-order valence-electron chi connectivity index (χ2n) is 11.2. The molecule has 0 aliphatic carbocycles. The number of rotatable bonds is 10. The van der Waals surface area contributed by atoms with Gasteiger partial charge < -0.3 is 20.6 Å². The minimum atomic E-state index is -0.956. The van der Waals surface area contributed by atoms with Crippen LogP contribution in [0.4, 0.5) is 5.82 Å². The lowest BCUT2D eigenvalue weighted by atomic mass is 9.95. The van der Waals surface area contributed by atoms with Crippen LogP contribution in [-0.2, 0) is 22.4 Å². The standard InChI is InChI=1S/C31H40N6O3/c1-21-17-22(2)37(35-21)27-11-3-7-24(18-27)28(31(39)40)19-33-30(38)25-9-5-15-36(20-25)16-6-10-26-13-12-23-8-4-14-32-29(23)34-26/h3,7,11-13,17-18,25,28H,4-6,8-10,14-16,19-20H2,1-2H3,(H,32,34)(H,33,38)(H,39,40)/t25-,28+/m1/s1. The number of hydrogen-bond acceptors (Lipinski definition) is 6. The van der Waals surface area contributed by atoms with Crippen molar-refractivity contribution in [2.75, 3.05) is 38.0 Å². The number of piperidine rings is 1. The largest absolute Gasteiger partial charge is 0.481 e. The number of carboxylic acids is 1. The molecule has 1 fully saturated rings. The SMILES string of the molecule is Cc1cc(C)n(-c2cccc([C@H](CNC(=O)[C@@H]3CCCN(CCCc4ccc5c(n4)NCCC5)C3)C(=O)O)c2)n1. The topological polar surface area (TPSA) is 112 Å². The number of likely N-dealkylation sites (tertiary alicyclic amines) is 1. The maximum absolute atomic E-state index is 13.1. The third kappa shape index (κ3) is 6.70. The summed E-state index contributed by atoms with van der Waals surface area (Å²) in [4.78, 5) is 32.4. The van der Waals surface area contributed by atoms with E-state index < -0.39 is 11.9 Å². The molecule has 0 radical (unpaired) electrons. The number of nitrogens with one attached hydrogen (secondary N) is 2. The molecular weight excluding hydrogens is 504 g/mol. The zero-order valence-corrected chi connectivity index (χ0v) is 23.5. The quantitative estimate of drug-likeness (QED) is 0.355. The van der Waals surface area contributed by atoms with Gasteiger partial charge >= 0.3 is 5.97 Å². The normalized spacial score (nSPS) is 18.0. The number of amides is 1. The highest BCUT2D eigenvalue weighted by atomic mass is 16.4. The van der Waals surface area contributed by atoms with Crippen molar-refractivity contribution >= 4 is 17.7 Å². The summed E-state index contributed by atoms with van der Waals surface area (Å²) in [7, 11) is 0. The summed E-state index contributed by atoms with van der Waals surface area (Å²) in [5.41, 5.74) is 5.76. The summed E-state index contributed by atoms with van der Waals surface area (Å²) in [5.74, 6) is -0.943. The third-order valence-electron chi connectivity index (χ3n) is 8.04. The number of aliphatic carboxylic acids is 1. The summed E-state index contributed by atoms with van der Waals surface area (Å²) in [6.45, 7) is 7.56. The van der Waals surface area contributed by atoms with Gasteiger partial charge in [0.05, 0.1) is 23.2 Å². The molecule has 0 saturated carbocycles. The van der Waals surface area contributed by atoms with Crippen molar-refractivity contribution in [3.8, 4) is 5.69 Å². The van der Waals surface area contributed by atoms with E-state index in [1.54, 1.807) is 6.07 Å². The molecule has 2 aromatic heterocycles. The van der Waals surface area contributed by atoms with Gasteiger partial charge in [-0.05, 0) is 101 Å². The minimum absolute atomic E-state index is 0.0588. The number of carbonyl (C=O) groups is 2. The number of carbonyl (C=O) groups excluding carboxylic acids is 1. The molecule has 0 spiro atoms. The lowest BCUT2D eigenvalue weighted by Gasteiger charge is -2.32. The Kier molecular flexibility index (Phi) is 8.79. The molecule has 5 rings (SSSR count). The molecule has 1 aromatic carbocycles. The van der Waals surface area contributed by atoms with Crippen LogP contribution >= 0.6 is 0 Å². The van der Waals surface area contributed by atoms with Crippen molar-refractivity contribution in [1.29, 1.82) is 0 Å². The zero-order valence-electron chi connectivity index (χ0n) is 23.5. The van der Waals surface area contributed by atoms with Crippen LogP contribution in [0.2, 0.25) is 0 Å². The Labute approximate surface area is 236 Å². The lowest BCUT2D eigenvalue weighted by molar-refractivity contribution is -0.138. The summed E-state index contributed by atoms with van der Waals surface area (Å²) >= 11 is 0. The molecule has 2 aliphatic heterocycles. The maximum atomic E-state index is 13.1. The van der Waals surface area contributed by atoms with Crippen LogP contribution in [0.15, 0.2) is 42.5 Å².